The molecule has 0 radical (unpaired) electrons. The highest BCUT2D eigenvalue weighted by Gasteiger charge is 2.08. The van der Waals surface area contributed by atoms with Gasteiger partial charge >= 0.3 is 0 Å². The lowest BCUT2D eigenvalue weighted by molar-refractivity contribution is -0.117. The van der Waals surface area contributed by atoms with Gasteiger partial charge in [0.1, 0.15) is 12.4 Å². The van der Waals surface area contributed by atoms with Gasteiger partial charge in [0.05, 0.1) is 17.2 Å². The standard InChI is InChI=1S/C13H15N7O/c1-8-16-10-5-9(3-4-11(10)19(8)2)17-13(21)7-20-15-6-12(14)18-20/h3-6H,7H2,1-2H3,(H2,14,18)(H,17,21). The monoisotopic (exact) mass is 285 g/mol. The molecule has 0 saturated heterocycles. The maximum Gasteiger partial charge on any atom is 0.247 e. The second-order valence-electron chi connectivity index (χ2n) is 4.77. The first-order valence-electron chi connectivity index (χ1n) is 6.41. The number of nitrogens with one attached hydrogen (secondary N) is 1. The average molecular weight is 285 g/mol. The van der Waals surface area contributed by atoms with Gasteiger partial charge in [0.2, 0.25) is 5.91 Å². The van der Waals surface area contributed by atoms with E-state index in [0.717, 1.165) is 16.9 Å². The predicted molar refractivity (Wildman–Crippen MR) is 78.5 cm³/mol. The molecule has 108 valence electrons. The van der Waals surface area contributed by atoms with Crippen LogP contribution in [0.3, 0.4) is 0 Å². The number of fused-ring (bicyclic) bond motifs is 1. The van der Waals surface area contributed by atoms with Crippen LogP contribution in [0.5, 0.6) is 0 Å². The summed E-state index contributed by atoms with van der Waals surface area (Å²) in [5.41, 5.74) is 8.00. The third-order valence-electron chi connectivity index (χ3n) is 3.23. The van der Waals surface area contributed by atoms with Crippen LogP contribution in [-0.2, 0) is 18.4 Å². The number of aryl methyl sites for hydroxylation is 2. The molecule has 21 heavy (non-hydrogen) atoms. The van der Waals surface area contributed by atoms with E-state index in [-0.39, 0.29) is 18.3 Å². The van der Waals surface area contributed by atoms with E-state index < -0.39 is 0 Å². The molecular formula is C13H15N7O. The molecule has 0 saturated carbocycles. The minimum Gasteiger partial charge on any atom is -0.381 e. The Kier molecular flexibility index (Phi) is 3.05. The minimum absolute atomic E-state index is 0.0104. The normalized spacial score (nSPS) is 11.0. The molecule has 3 rings (SSSR count). The van der Waals surface area contributed by atoms with Gasteiger partial charge in [-0.3, -0.25) is 4.79 Å². The molecule has 0 unspecified atom stereocenters. The van der Waals surface area contributed by atoms with Crippen molar-refractivity contribution in [2.45, 2.75) is 13.5 Å². The summed E-state index contributed by atoms with van der Waals surface area (Å²) in [5.74, 6) is 0.982. The molecule has 0 atom stereocenters. The SMILES string of the molecule is Cc1nc2cc(NC(=O)Cn3ncc(N)n3)ccc2n1C. The summed E-state index contributed by atoms with van der Waals surface area (Å²) in [5, 5.41) is 10.5. The molecule has 3 N–H and O–H groups in total. The molecule has 2 aromatic heterocycles. The van der Waals surface area contributed by atoms with E-state index in [1.54, 1.807) is 0 Å². The molecular weight excluding hydrogens is 270 g/mol. The molecule has 3 aromatic rings. The molecule has 8 heteroatoms. The highest BCUT2D eigenvalue weighted by atomic mass is 16.2. The Morgan fingerprint density at radius 1 is 1.43 bits per heavy atom. The lowest BCUT2D eigenvalue weighted by Gasteiger charge is -2.05. The van der Waals surface area contributed by atoms with Gasteiger partial charge < -0.3 is 15.6 Å². The van der Waals surface area contributed by atoms with Crippen LogP contribution in [0, 0.1) is 6.92 Å². The van der Waals surface area contributed by atoms with Crippen LogP contribution < -0.4 is 11.1 Å². The van der Waals surface area contributed by atoms with Crippen molar-refractivity contribution in [1.29, 1.82) is 0 Å². The lowest BCUT2D eigenvalue weighted by atomic mass is 10.2. The second-order valence-corrected chi connectivity index (χ2v) is 4.77. The number of nitrogens with zero attached hydrogens (tertiary/aromatic N) is 5. The van der Waals surface area contributed by atoms with E-state index in [9.17, 15) is 4.79 Å². The minimum atomic E-state index is -0.224. The average Bonchev–Trinajstić information content (AvgIpc) is 2.94. The number of nitrogens with two attached hydrogens (primary N) is 1. The van der Waals surface area contributed by atoms with Gasteiger partial charge in [-0.15, -0.1) is 5.10 Å². The van der Waals surface area contributed by atoms with Gasteiger partial charge in [-0.2, -0.15) is 9.90 Å². The van der Waals surface area contributed by atoms with Crippen LogP contribution in [0.2, 0.25) is 0 Å². The zero-order valence-electron chi connectivity index (χ0n) is 11.7. The first-order valence-corrected chi connectivity index (χ1v) is 6.41. The highest BCUT2D eigenvalue weighted by Crippen LogP contribution is 2.19. The van der Waals surface area contributed by atoms with Crippen LogP contribution >= 0.6 is 0 Å². The number of rotatable bonds is 3. The fourth-order valence-electron chi connectivity index (χ4n) is 2.11. The van der Waals surface area contributed by atoms with Crippen molar-refractivity contribution >= 4 is 28.4 Å². The van der Waals surface area contributed by atoms with E-state index in [4.69, 9.17) is 5.73 Å². The van der Waals surface area contributed by atoms with Crippen molar-refractivity contribution < 1.29 is 4.79 Å². The number of aromatic nitrogens is 5. The van der Waals surface area contributed by atoms with Crippen molar-refractivity contribution in [1.82, 2.24) is 24.5 Å². The summed E-state index contributed by atoms with van der Waals surface area (Å²) < 4.78 is 2.00. The molecule has 0 aliphatic rings. The third kappa shape index (κ3) is 2.55. The van der Waals surface area contributed by atoms with Crippen LogP contribution in [0.4, 0.5) is 11.5 Å². The lowest BCUT2D eigenvalue weighted by Crippen LogP contribution is -2.20. The molecule has 0 aliphatic carbocycles. The summed E-state index contributed by atoms with van der Waals surface area (Å²) in [4.78, 5) is 17.6. The second kappa shape index (κ2) is 4.89. The first-order chi connectivity index (χ1) is 10.0. The molecule has 0 fully saturated rings. The summed E-state index contributed by atoms with van der Waals surface area (Å²) in [6.45, 7) is 1.95. The number of imidazole rings is 1. The van der Waals surface area contributed by atoms with Gasteiger partial charge in [-0.25, -0.2) is 4.98 Å². The van der Waals surface area contributed by atoms with Crippen LogP contribution in [-0.4, -0.2) is 30.5 Å². The maximum absolute atomic E-state index is 11.9. The number of hydrogen-bond acceptors (Lipinski definition) is 5. The van der Waals surface area contributed by atoms with Crippen LogP contribution in [0.1, 0.15) is 5.82 Å². The number of anilines is 2. The molecule has 2 heterocycles. The third-order valence-corrected chi connectivity index (χ3v) is 3.23. The Hall–Kier alpha value is -2.90. The summed E-state index contributed by atoms with van der Waals surface area (Å²) >= 11 is 0. The van der Waals surface area contributed by atoms with Crippen molar-refractivity contribution in [3.8, 4) is 0 Å². The zero-order chi connectivity index (χ0) is 15.0. The summed E-state index contributed by atoms with van der Waals surface area (Å²) in [7, 11) is 1.96. The number of carbonyl (C=O) groups is 1. The van der Waals surface area contributed by atoms with E-state index >= 15 is 0 Å². The molecule has 1 aromatic carbocycles. The predicted octanol–water partition coefficient (Wildman–Crippen LogP) is 0.694. The summed E-state index contributed by atoms with van der Waals surface area (Å²) in [6.07, 6.45) is 1.40. The van der Waals surface area contributed by atoms with Gasteiger partial charge in [0.25, 0.3) is 0 Å². The van der Waals surface area contributed by atoms with Gasteiger partial charge in [0, 0.05) is 12.7 Å². The fraction of sp³-hybridized carbons (Fsp3) is 0.231. The van der Waals surface area contributed by atoms with E-state index in [1.165, 1.54) is 11.0 Å². The number of nitrogen functional groups attached to an aromatic ring is 1. The fourth-order valence-corrected chi connectivity index (χ4v) is 2.11. The van der Waals surface area contributed by atoms with Crippen molar-refractivity contribution in [3.05, 3.63) is 30.2 Å². The number of hydrogen-bond donors (Lipinski definition) is 2. The summed E-state index contributed by atoms with van der Waals surface area (Å²) in [6, 6.07) is 5.60. The Morgan fingerprint density at radius 2 is 2.24 bits per heavy atom. The zero-order valence-corrected chi connectivity index (χ0v) is 11.7. The smallest absolute Gasteiger partial charge is 0.247 e. The highest BCUT2D eigenvalue weighted by molar-refractivity contribution is 5.92. The quantitative estimate of drug-likeness (QED) is 0.737. The van der Waals surface area contributed by atoms with E-state index in [1.807, 2.05) is 36.7 Å². The van der Waals surface area contributed by atoms with Crippen LogP contribution in [0.15, 0.2) is 24.4 Å². The van der Waals surface area contributed by atoms with Crippen molar-refractivity contribution in [3.63, 3.8) is 0 Å². The van der Waals surface area contributed by atoms with E-state index in [0.29, 0.717) is 5.69 Å². The largest absolute Gasteiger partial charge is 0.381 e. The number of benzene rings is 1. The number of amides is 1. The van der Waals surface area contributed by atoms with Crippen molar-refractivity contribution in [2.75, 3.05) is 11.1 Å². The topological polar surface area (TPSA) is 104 Å². The van der Waals surface area contributed by atoms with Gasteiger partial charge in [-0.1, -0.05) is 0 Å². The van der Waals surface area contributed by atoms with Gasteiger partial charge in [-0.05, 0) is 25.1 Å². The number of carbonyl (C=O) groups excluding carboxylic acids is 1. The molecule has 0 bridgehead atoms. The molecule has 1 amide bonds. The Bertz CT molecular complexity index is 817. The Morgan fingerprint density at radius 3 is 2.95 bits per heavy atom. The Balaban J connectivity index is 1.76. The van der Waals surface area contributed by atoms with Crippen LogP contribution in [0.25, 0.3) is 11.0 Å². The van der Waals surface area contributed by atoms with Gasteiger partial charge in [0.15, 0.2) is 5.82 Å². The molecule has 8 nitrogen and oxygen atoms in total. The Labute approximate surface area is 120 Å². The molecule has 0 aliphatic heterocycles. The van der Waals surface area contributed by atoms with Crippen molar-refractivity contribution in [2.24, 2.45) is 7.05 Å². The van der Waals surface area contributed by atoms with E-state index in [2.05, 4.69) is 20.5 Å². The first kappa shape index (κ1) is 13.1. The maximum atomic E-state index is 11.9. The molecule has 0 spiro atoms.